The number of halogens is 2. The smallest absolute Gasteiger partial charge is 0.340 e. The Morgan fingerprint density at radius 3 is 2.28 bits per heavy atom. The van der Waals surface area contributed by atoms with Gasteiger partial charge in [0.25, 0.3) is 5.91 Å². The highest BCUT2D eigenvalue weighted by Crippen LogP contribution is 2.37. The first-order valence-electron chi connectivity index (χ1n) is 8.67. The molecule has 0 radical (unpaired) electrons. The molecule has 0 saturated carbocycles. The van der Waals surface area contributed by atoms with E-state index < -0.39 is 11.9 Å². The van der Waals surface area contributed by atoms with Crippen molar-refractivity contribution in [3.05, 3.63) is 80.5 Å². The first-order chi connectivity index (χ1) is 13.8. The number of amides is 1. The lowest BCUT2D eigenvalue weighted by Crippen LogP contribution is -2.24. The van der Waals surface area contributed by atoms with Gasteiger partial charge in [-0.25, -0.2) is 4.79 Å². The van der Waals surface area contributed by atoms with Crippen LogP contribution in [0.3, 0.4) is 0 Å². The Morgan fingerprint density at radius 2 is 1.69 bits per heavy atom. The second-order valence-electron chi connectivity index (χ2n) is 6.39. The van der Waals surface area contributed by atoms with Crippen LogP contribution in [0.25, 0.3) is 6.08 Å². The zero-order valence-electron chi connectivity index (χ0n) is 16.0. The van der Waals surface area contributed by atoms with Gasteiger partial charge in [-0.05, 0) is 44.2 Å². The van der Waals surface area contributed by atoms with Crippen LogP contribution in [0.5, 0.6) is 0 Å². The lowest BCUT2D eigenvalue weighted by molar-refractivity contribution is -0.136. The quantitative estimate of drug-likeness (QED) is 0.386. The zero-order valence-corrected chi connectivity index (χ0v) is 17.5. The Bertz CT molecular complexity index is 1080. The zero-order chi connectivity index (χ0) is 21.3. The van der Waals surface area contributed by atoms with Crippen molar-refractivity contribution >= 4 is 52.6 Å². The minimum atomic E-state index is -0.657. The fourth-order valence-corrected chi connectivity index (χ4v) is 3.65. The maximum absolute atomic E-state index is 13.3. The highest BCUT2D eigenvalue weighted by molar-refractivity contribution is 6.37. The van der Waals surface area contributed by atoms with E-state index in [-0.39, 0.29) is 16.9 Å². The summed E-state index contributed by atoms with van der Waals surface area (Å²) in [5.74, 6) is -1.23. The number of carbonyl (C=O) groups is 3. The summed E-state index contributed by atoms with van der Waals surface area (Å²) < 4.78 is 4.89. The molecule has 7 heteroatoms. The van der Waals surface area contributed by atoms with E-state index in [1.807, 2.05) is 0 Å². The van der Waals surface area contributed by atoms with Crippen molar-refractivity contribution in [2.75, 3.05) is 12.0 Å². The van der Waals surface area contributed by atoms with Gasteiger partial charge >= 0.3 is 5.97 Å². The summed E-state index contributed by atoms with van der Waals surface area (Å²) in [4.78, 5) is 38.9. The molecule has 0 atom stereocenters. The third kappa shape index (κ3) is 3.84. The number of methoxy groups -OCH3 is 1. The summed E-state index contributed by atoms with van der Waals surface area (Å²) in [6.07, 6.45) is 1.48. The van der Waals surface area contributed by atoms with Gasteiger partial charge in [0, 0.05) is 32.6 Å². The Balaban J connectivity index is 2.20. The number of nitrogens with zero attached hydrogens (tertiary/aromatic N) is 1. The SMILES string of the molecule is COC(=O)C1=C(C)N(c2cccc(C(C)=O)c2)C(=O)/C1=C\c1c(Cl)cccc1Cl. The van der Waals surface area contributed by atoms with E-state index in [9.17, 15) is 14.4 Å². The molecule has 148 valence electrons. The molecule has 0 unspecified atom stereocenters. The predicted octanol–water partition coefficient (Wildman–Crippen LogP) is 5.07. The highest BCUT2D eigenvalue weighted by Gasteiger charge is 2.38. The van der Waals surface area contributed by atoms with E-state index in [0.29, 0.717) is 32.6 Å². The van der Waals surface area contributed by atoms with E-state index >= 15 is 0 Å². The number of esters is 1. The normalized spacial score (nSPS) is 15.3. The molecule has 0 spiro atoms. The van der Waals surface area contributed by atoms with Gasteiger partial charge in [-0.1, -0.05) is 41.4 Å². The van der Waals surface area contributed by atoms with E-state index in [2.05, 4.69) is 0 Å². The van der Waals surface area contributed by atoms with Crippen LogP contribution in [0.4, 0.5) is 5.69 Å². The molecule has 0 aromatic heterocycles. The van der Waals surface area contributed by atoms with Gasteiger partial charge in [-0.3, -0.25) is 14.5 Å². The monoisotopic (exact) mass is 429 g/mol. The van der Waals surface area contributed by atoms with E-state index in [1.54, 1.807) is 49.4 Å². The molecule has 0 N–H and O–H groups in total. The van der Waals surface area contributed by atoms with Gasteiger partial charge < -0.3 is 4.74 Å². The summed E-state index contributed by atoms with van der Waals surface area (Å²) in [6, 6.07) is 11.6. The van der Waals surface area contributed by atoms with Gasteiger partial charge in [0.05, 0.1) is 18.3 Å². The number of carbonyl (C=O) groups excluding carboxylic acids is 3. The van der Waals surface area contributed by atoms with E-state index in [0.717, 1.165) is 0 Å². The molecule has 0 fully saturated rings. The van der Waals surface area contributed by atoms with Gasteiger partial charge in [-0.2, -0.15) is 0 Å². The molecule has 1 aliphatic rings. The molecule has 1 amide bonds. The summed E-state index contributed by atoms with van der Waals surface area (Å²) in [7, 11) is 1.24. The van der Waals surface area contributed by atoms with Crippen LogP contribution in [0, 0.1) is 0 Å². The average Bonchev–Trinajstić information content (AvgIpc) is 2.94. The van der Waals surface area contributed by atoms with Crippen molar-refractivity contribution in [1.29, 1.82) is 0 Å². The van der Waals surface area contributed by atoms with Gasteiger partial charge in [-0.15, -0.1) is 0 Å². The van der Waals surface area contributed by atoms with Crippen LogP contribution in [0.15, 0.2) is 59.3 Å². The number of rotatable bonds is 4. The largest absolute Gasteiger partial charge is 0.465 e. The number of anilines is 1. The number of hydrogen-bond donors (Lipinski definition) is 0. The number of ether oxygens (including phenoxy) is 1. The second kappa shape index (κ2) is 8.23. The summed E-state index contributed by atoms with van der Waals surface area (Å²) >= 11 is 12.5. The van der Waals surface area contributed by atoms with Gasteiger partial charge in [0.15, 0.2) is 5.78 Å². The first-order valence-corrected chi connectivity index (χ1v) is 9.42. The summed E-state index contributed by atoms with van der Waals surface area (Å²) in [5, 5.41) is 0.688. The molecule has 5 nitrogen and oxygen atoms in total. The third-order valence-electron chi connectivity index (χ3n) is 4.59. The van der Waals surface area contributed by atoms with E-state index in [1.165, 1.54) is 25.0 Å². The van der Waals surface area contributed by atoms with Crippen molar-refractivity contribution in [3.8, 4) is 0 Å². The van der Waals surface area contributed by atoms with Crippen LogP contribution in [-0.2, 0) is 14.3 Å². The molecular weight excluding hydrogens is 413 g/mol. The number of hydrogen-bond acceptors (Lipinski definition) is 4. The molecule has 2 aromatic rings. The van der Waals surface area contributed by atoms with Crippen LogP contribution < -0.4 is 4.90 Å². The molecule has 0 bridgehead atoms. The van der Waals surface area contributed by atoms with Crippen molar-refractivity contribution in [1.82, 2.24) is 0 Å². The standard InChI is InChI=1S/C22H17Cl2NO4/c1-12-20(22(28)29-3)17(11-16-18(23)8-5-9-19(16)24)21(27)25(12)15-7-4-6-14(10-15)13(2)26/h4-11H,1-3H3/b17-11-. The van der Waals surface area contributed by atoms with Crippen LogP contribution in [-0.4, -0.2) is 24.8 Å². The maximum Gasteiger partial charge on any atom is 0.340 e. The van der Waals surface area contributed by atoms with Crippen LogP contribution >= 0.6 is 23.2 Å². The predicted molar refractivity (Wildman–Crippen MR) is 113 cm³/mol. The van der Waals surface area contributed by atoms with Gasteiger partial charge in [0.2, 0.25) is 0 Å². The molecule has 1 heterocycles. The molecular formula is C22H17Cl2NO4. The lowest BCUT2D eigenvalue weighted by Gasteiger charge is -2.18. The first kappa shape index (κ1) is 20.8. The summed E-state index contributed by atoms with van der Waals surface area (Å²) in [6.45, 7) is 3.08. The minimum absolute atomic E-state index is 0.109. The maximum atomic E-state index is 13.3. The number of benzene rings is 2. The molecule has 1 aliphatic heterocycles. The Labute approximate surface area is 178 Å². The molecule has 29 heavy (non-hydrogen) atoms. The van der Waals surface area contributed by atoms with Crippen molar-refractivity contribution in [2.24, 2.45) is 0 Å². The second-order valence-corrected chi connectivity index (χ2v) is 7.21. The third-order valence-corrected chi connectivity index (χ3v) is 5.25. The van der Waals surface area contributed by atoms with Crippen molar-refractivity contribution < 1.29 is 19.1 Å². The Kier molecular flexibility index (Phi) is 5.91. The summed E-state index contributed by atoms with van der Waals surface area (Å²) in [5.41, 5.74) is 1.95. The fourth-order valence-electron chi connectivity index (χ4n) is 3.15. The van der Waals surface area contributed by atoms with Crippen molar-refractivity contribution in [3.63, 3.8) is 0 Å². The van der Waals surface area contributed by atoms with Crippen molar-refractivity contribution in [2.45, 2.75) is 13.8 Å². The number of Topliss-reactive ketones (excluding diaryl/α,β-unsaturated/α-hetero) is 1. The molecule has 0 aliphatic carbocycles. The molecule has 2 aromatic carbocycles. The van der Waals surface area contributed by atoms with E-state index in [4.69, 9.17) is 27.9 Å². The number of ketones is 1. The topological polar surface area (TPSA) is 63.7 Å². The van der Waals surface area contributed by atoms with Crippen LogP contribution in [0.2, 0.25) is 10.0 Å². The van der Waals surface area contributed by atoms with Gasteiger partial charge in [0.1, 0.15) is 0 Å². The van der Waals surface area contributed by atoms with Crippen LogP contribution in [0.1, 0.15) is 29.8 Å². The fraction of sp³-hybridized carbons (Fsp3) is 0.136. The highest BCUT2D eigenvalue weighted by atomic mass is 35.5. The Hall–Kier alpha value is -2.89. The average molecular weight is 430 g/mol. The Morgan fingerprint density at radius 1 is 1.07 bits per heavy atom. The number of allylic oxidation sites excluding steroid dienone is 1. The molecule has 3 rings (SSSR count). The molecule has 0 saturated heterocycles. The lowest BCUT2D eigenvalue weighted by atomic mass is 10.0. The minimum Gasteiger partial charge on any atom is -0.465 e.